The van der Waals surface area contributed by atoms with Gasteiger partial charge in [0.25, 0.3) is 5.91 Å². The van der Waals surface area contributed by atoms with Crippen LogP contribution in [0.25, 0.3) is 0 Å². The number of hydrogen-bond acceptors (Lipinski definition) is 3. The van der Waals surface area contributed by atoms with Gasteiger partial charge in [-0.05, 0) is 30.2 Å². The first kappa shape index (κ1) is 14.3. The van der Waals surface area contributed by atoms with Crippen molar-refractivity contribution in [3.8, 4) is 0 Å². The molecule has 1 aliphatic rings. The Balaban J connectivity index is 2.07. The number of anilines is 1. The van der Waals surface area contributed by atoms with E-state index < -0.39 is 5.97 Å². The quantitative estimate of drug-likeness (QED) is 0.818. The molecule has 2 aromatic carbocycles. The molecule has 0 atom stereocenters. The third-order valence-electron chi connectivity index (χ3n) is 3.75. The number of rotatable bonds is 3. The van der Waals surface area contributed by atoms with Crippen LogP contribution < -0.4 is 4.90 Å². The van der Waals surface area contributed by atoms with E-state index in [9.17, 15) is 9.59 Å². The average Bonchev–Trinajstić information content (AvgIpc) is 2.64. The minimum absolute atomic E-state index is 0.0714. The number of carbonyl (C=O) groups excluding carboxylic acids is 2. The molecule has 0 aliphatic carbocycles. The third-order valence-corrected chi connectivity index (χ3v) is 3.75. The summed E-state index contributed by atoms with van der Waals surface area (Å²) in [6.45, 7) is 1.99. The highest BCUT2D eigenvalue weighted by atomic mass is 16.5. The van der Waals surface area contributed by atoms with Gasteiger partial charge in [0.2, 0.25) is 0 Å². The molecule has 112 valence electrons. The molecule has 1 amide bonds. The van der Waals surface area contributed by atoms with Gasteiger partial charge in [-0.1, -0.05) is 36.4 Å². The van der Waals surface area contributed by atoms with Crippen LogP contribution in [0, 0.1) is 0 Å². The molecule has 0 fully saturated rings. The number of nitrogens with zero attached hydrogens (tertiary/aromatic N) is 1. The topological polar surface area (TPSA) is 46.6 Å². The second-order valence-electron chi connectivity index (χ2n) is 5.16. The number of para-hydroxylation sites is 1. The van der Waals surface area contributed by atoms with Crippen LogP contribution in [-0.4, -0.2) is 25.0 Å². The first-order valence-corrected chi connectivity index (χ1v) is 7.34. The minimum atomic E-state index is -0.398. The molecule has 0 spiro atoms. The van der Waals surface area contributed by atoms with Crippen molar-refractivity contribution >= 4 is 17.6 Å². The Labute approximate surface area is 129 Å². The molecule has 1 aliphatic heterocycles. The number of fused-ring (bicyclic) bond motifs is 2. The van der Waals surface area contributed by atoms with Crippen LogP contribution in [0.5, 0.6) is 0 Å². The normalized spacial score (nSPS) is 13.1. The largest absolute Gasteiger partial charge is 0.465 e. The predicted molar refractivity (Wildman–Crippen MR) is 84.0 cm³/mol. The zero-order valence-electron chi connectivity index (χ0n) is 12.4. The van der Waals surface area contributed by atoms with E-state index in [1.54, 1.807) is 6.92 Å². The van der Waals surface area contributed by atoms with E-state index in [2.05, 4.69) is 0 Å². The van der Waals surface area contributed by atoms with Gasteiger partial charge in [-0.15, -0.1) is 0 Å². The van der Waals surface area contributed by atoms with Crippen molar-refractivity contribution in [2.75, 3.05) is 18.1 Å². The van der Waals surface area contributed by atoms with Gasteiger partial charge in [0.05, 0.1) is 6.61 Å². The van der Waals surface area contributed by atoms with Crippen molar-refractivity contribution in [3.05, 3.63) is 65.2 Å². The van der Waals surface area contributed by atoms with Crippen molar-refractivity contribution in [1.29, 1.82) is 0 Å². The number of amides is 1. The van der Waals surface area contributed by atoms with Crippen LogP contribution in [0.2, 0.25) is 0 Å². The van der Waals surface area contributed by atoms with Gasteiger partial charge in [0.15, 0.2) is 0 Å². The molecular weight excluding hydrogens is 278 g/mol. The van der Waals surface area contributed by atoms with E-state index in [0.29, 0.717) is 18.6 Å². The zero-order chi connectivity index (χ0) is 15.5. The molecule has 0 N–H and O–H groups in total. The van der Waals surface area contributed by atoms with E-state index in [1.165, 1.54) is 4.90 Å². The molecular formula is C18H17NO3. The summed E-state index contributed by atoms with van der Waals surface area (Å²) in [5.41, 5.74) is 3.43. The Morgan fingerprint density at radius 3 is 2.55 bits per heavy atom. The van der Waals surface area contributed by atoms with Crippen LogP contribution in [0.3, 0.4) is 0 Å². The van der Waals surface area contributed by atoms with Crippen molar-refractivity contribution in [2.24, 2.45) is 0 Å². The maximum Gasteiger partial charge on any atom is 0.326 e. The smallest absolute Gasteiger partial charge is 0.326 e. The fraction of sp³-hybridized carbons (Fsp3) is 0.222. The molecule has 4 heteroatoms. The van der Waals surface area contributed by atoms with Crippen LogP contribution in [0.15, 0.2) is 48.5 Å². The first-order chi connectivity index (χ1) is 10.7. The molecule has 0 saturated carbocycles. The summed E-state index contributed by atoms with van der Waals surface area (Å²) < 4.78 is 5.00. The second-order valence-corrected chi connectivity index (χ2v) is 5.16. The van der Waals surface area contributed by atoms with E-state index in [0.717, 1.165) is 16.8 Å². The molecule has 0 aromatic heterocycles. The number of ether oxygens (including phenoxy) is 1. The third kappa shape index (κ3) is 2.60. The second kappa shape index (κ2) is 6.02. The van der Waals surface area contributed by atoms with Crippen molar-refractivity contribution in [1.82, 2.24) is 0 Å². The summed E-state index contributed by atoms with van der Waals surface area (Å²) in [6, 6.07) is 15.2. The van der Waals surface area contributed by atoms with Gasteiger partial charge in [0.1, 0.15) is 6.54 Å². The van der Waals surface area contributed by atoms with Gasteiger partial charge in [-0.3, -0.25) is 14.5 Å². The van der Waals surface area contributed by atoms with Gasteiger partial charge in [0, 0.05) is 17.7 Å². The van der Waals surface area contributed by atoms with Crippen molar-refractivity contribution < 1.29 is 14.3 Å². The molecule has 4 nitrogen and oxygen atoms in total. The number of benzene rings is 2. The van der Waals surface area contributed by atoms with E-state index in [4.69, 9.17) is 4.74 Å². The lowest BCUT2D eigenvalue weighted by molar-refractivity contribution is -0.141. The summed E-state index contributed by atoms with van der Waals surface area (Å²) in [6.07, 6.45) is 0.678. The molecule has 0 unspecified atom stereocenters. The lowest BCUT2D eigenvalue weighted by Crippen LogP contribution is -2.36. The highest BCUT2D eigenvalue weighted by Gasteiger charge is 2.28. The Kier molecular flexibility index (Phi) is 3.92. The highest BCUT2D eigenvalue weighted by Crippen LogP contribution is 2.30. The molecule has 1 heterocycles. The number of hydrogen-bond donors (Lipinski definition) is 0. The Hall–Kier alpha value is -2.62. The molecule has 0 radical (unpaired) electrons. The van der Waals surface area contributed by atoms with E-state index in [-0.39, 0.29) is 12.5 Å². The summed E-state index contributed by atoms with van der Waals surface area (Å²) in [5.74, 6) is -0.557. The molecule has 0 bridgehead atoms. The van der Waals surface area contributed by atoms with Crippen LogP contribution in [0.4, 0.5) is 5.69 Å². The summed E-state index contributed by atoms with van der Waals surface area (Å²) in [7, 11) is 0. The Bertz CT molecular complexity index is 724. The summed E-state index contributed by atoms with van der Waals surface area (Å²) in [4.78, 5) is 26.2. The van der Waals surface area contributed by atoms with Crippen LogP contribution in [0.1, 0.15) is 28.4 Å². The number of carbonyl (C=O) groups is 2. The SMILES string of the molecule is CCOC(=O)CN1C(=O)c2ccccc2Cc2ccccc21. The van der Waals surface area contributed by atoms with E-state index >= 15 is 0 Å². The monoisotopic (exact) mass is 295 g/mol. The summed E-state index contributed by atoms with van der Waals surface area (Å²) >= 11 is 0. The predicted octanol–water partition coefficient (Wildman–Crippen LogP) is 2.80. The van der Waals surface area contributed by atoms with Gasteiger partial charge < -0.3 is 4.74 Å². The first-order valence-electron chi connectivity index (χ1n) is 7.34. The molecule has 0 saturated heterocycles. The van der Waals surface area contributed by atoms with Crippen LogP contribution in [-0.2, 0) is 16.0 Å². The average molecular weight is 295 g/mol. The van der Waals surface area contributed by atoms with Gasteiger partial charge >= 0.3 is 5.97 Å². The molecule has 22 heavy (non-hydrogen) atoms. The highest BCUT2D eigenvalue weighted by molar-refractivity contribution is 6.10. The number of esters is 1. The summed E-state index contributed by atoms with van der Waals surface area (Å²) in [5, 5.41) is 0. The lowest BCUT2D eigenvalue weighted by atomic mass is 10.0. The fourth-order valence-corrected chi connectivity index (χ4v) is 2.76. The maximum absolute atomic E-state index is 12.9. The standard InChI is InChI=1S/C18H17NO3/c1-2-22-17(20)12-19-16-10-6-4-8-14(16)11-13-7-3-5-9-15(13)18(19)21/h3-10H,2,11-12H2,1H3. The van der Waals surface area contributed by atoms with Gasteiger partial charge in [-0.25, -0.2) is 0 Å². The van der Waals surface area contributed by atoms with Gasteiger partial charge in [-0.2, -0.15) is 0 Å². The Morgan fingerprint density at radius 2 is 1.77 bits per heavy atom. The van der Waals surface area contributed by atoms with Crippen molar-refractivity contribution in [3.63, 3.8) is 0 Å². The maximum atomic E-state index is 12.9. The van der Waals surface area contributed by atoms with E-state index in [1.807, 2.05) is 48.5 Å². The lowest BCUT2D eigenvalue weighted by Gasteiger charge is -2.22. The Morgan fingerprint density at radius 1 is 1.09 bits per heavy atom. The fourth-order valence-electron chi connectivity index (χ4n) is 2.76. The molecule has 2 aromatic rings. The van der Waals surface area contributed by atoms with Crippen molar-refractivity contribution in [2.45, 2.75) is 13.3 Å². The zero-order valence-corrected chi connectivity index (χ0v) is 12.4. The minimum Gasteiger partial charge on any atom is -0.465 e. The van der Waals surface area contributed by atoms with Crippen LogP contribution >= 0.6 is 0 Å². The molecule has 3 rings (SSSR count).